The van der Waals surface area contributed by atoms with Gasteiger partial charge in [-0.15, -0.1) is 0 Å². The summed E-state index contributed by atoms with van der Waals surface area (Å²) in [5.74, 6) is 1.33. The topological polar surface area (TPSA) is 55.0 Å². The van der Waals surface area contributed by atoms with Crippen LogP contribution < -0.4 is 10.6 Å². The molecule has 2 aromatic rings. The maximum absolute atomic E-state index is 5.77. The summed E-state index contributed by atoms with van der Waals surface area (Å²) in [6.07, 6.45) is 1.50. The second kappa shape index (κ2) is 4.00. The quantitative estimate of drug-likeness (QED) is 0.876. The maximum atomic E-state index is 5.77. The van der Waals surface area contributed by atoms with Crippen molar-refractivity contribution in [1.29, 1.82) is 0 Å². The lowest BCUT2D eigenvalue weighted by atomic mass is 10.1. The smallest absolute Gasteiger partial charge is 0.149 e. The van der Waals surface area contributed by atoms with Crippen LogP contribution in [0, 0.1) is 0 Å². The van der Waals surface area contributed by atoms with Gasteiger partial charge in [0.2, 0.25) is 0 Å². The third-order valence-corrected chi connectivity index (χ3v) is 3.70. The zero-order chi connectivity index (χ0) is 11.8. The molecule has 1 aliphatic heterocycles. The van der Waals surface area contributed by atoms with E-state index in [1.807, 2.05) is 0 Å². The fourth-order valence-corrected chi connectivity index (χ4v) is 2.53. The molecule has 0 radical (unpaired) electrons. The molecule has 0 aliphatic carbocycles. The molecule has 4 nitrogen and oxygen atoms in total. The molecule has 5 heteroatoms. The third kappa shape index (κ3) is 1.76. The van der Waals surface area contributed by atoms with Crippen molar-refractivity contribution in [3.8, 4) is 0 Å². The summed E-state index contributed by atoms with van der Waals surface area (Å²) in [5.41, 5.74) is 8.46. The highest BCUT2D eigenvalue weighted by atomic mass is 79.9. The number of nitrogens with two attached hydrogens (primary N) is 1. The van der Waals surface area contributed by atoms with Crippen LogP contribution in [0.3, 0.4) is 0 Å². The molecular weight excluding hydrogens is 280 g/mol. The number of fused-ring (bicyclic) bond motifs is 1. The fourth-order valence-electron chi connectivity index (χ4n) is 2.08. The van der Waals surface area contributed by atoms with Gasteiger partial charge in [0.15, 0.2) is 0 Å². The highest BCUT2D eigenvalue weighted by Gasteiger charge is 2.22. The molecule has 17 heavy (non-hydrogen) atoms. The SMILES string of the molecule is Nc1ncnc(N2Cc3ccccc3C2)c1Br. The molecule has 1 aromatic carbocycles. The average Bonchev–Trinajstić information content (AvgIpc) is 2.76. The average molecular weight is 291 g/mol. The molecule has 0 spiro atoms. The second-order valence-corrected chi connectivity index (χ2v) is 4.81. The van der Waals surface area contributed by atoms with Crippen molar-refractivity contribution >= 4 is 27.6 Å². The molecular formula is C12H11BrN4. The first-order valence-corrected chi connectivity index (χ1v) is 6.12. The van der Waals surface area contributed by atoms with Crippen LogP contribution in [0.1, 0.15) is 11.1 Å². The van der Waals surface area contributed by atoms with Gasteiger partial charge in [0, 0.05) is 13.1 Å². The minimum absolute atomic E-state index is 0.478. The molecule has 2 heterocycles. The highest BCUT2D eigenvalue weighted by molar-refractivity contribution is 9.10. The number of anilines is 2. The Morgan fingerprint density at radius 2 is 1.76 bits per heavy atom. The minimum Gasteiger partial charge on any atom is -0.383 e. The molecule has 0 unspecified atom stereocenters. The Labute approximate surface area is 108 Å². The van der Waals surface area contributed by atoms with Crippen molar-refractivity contribution in [2.45, 2.75) is 13.1 Å². The van der Waals surface area contributed by atoms with E-state index in [4.69, 9.17) is 5.73 Å². The predicted octanol–water partition coefficient (Wildman–Crippen LogP) is 2.34. The van der Waals surface area contributed by atoms with E-state index in [0.717, 1.165) is 23.4 Å². The lowest BCUT2D eigenvalue weighted by Crippen LogP contribution is -2.17. The zero-order valence-corrected chi connectivity index (χ0v) is 10.7. The van der Waals surface area contributed by atoms with Crippen molar-refractivity contribution in [2.75, 3.05) is 10.6 Å². The van der Waals surface area contributed by atoms with Crippen molar-refractivity contribution in [3.05, 3.63) is 46.2 Å². The number of benzene rings is 1. The van der Waals surface area contributed by atoms with E-state index in [0.29, 0.717) is 5.82 Å². The molecule has 0 amide bonds. The Morgan fingerprint density at radius 3 is 2.41 bits per heavy atom. The summed E-state index contributed by atoms with van der Waals surface area (Å²) in [4.78, 5) is 10.4. The molecule has 0 atom stereocenters. The van der Waals surface area contributed by atoms with Crippen LogP contribution in [-0.2, 0) is 13.1 Å². The maximum Gasteiger partial charge on any atom is 0.149 e. The summed E-state index contributed by atoms with van der Waals surface area (Å²) in [6, 6.07) is 8.42. The Morgan fingerprint density at radius 1 is 1.12 bits per heavy atom. The predicted molar refractivity (Wildman–Crippen MR) is 70.5 cm³/mol. The molecule has 0 saturated heterocycles. The number of rotatable bonds is 1. The first kappa shape index (κ1) is 10.5. The Balaban J connectivity index is 1.97. The molecule has 1 aromatic heterocycles. The molecule has 0 bridgehead atoms. The number of nitrogens with zero attached hydrogens (tertiary/aromatic N) is 3. The van der Waals surface area contributed by atoms with Crippen molar-refractivity contribution in [2.24, 2.45) is 0 Å². The monoisotopic (exact) mass is 290 g/mol. The number of hydrogen-bond acceptors (Lipinski definition) is 4. The van der Waals surface area contributed by atoms with E-state index in [9.17, 15) is 0 Å². The first-order chi connectivity index (χ1) is 8.25. The molecule has 86 valence electrons. The van der Waals surface area contributed by atoms with Gasteiger partial charge < -0.3 is 10.6 Å². The van der Waals surface area contributed by atoms with Gasteiger partial charge in [0.25, 0.3) is 0 Å². The summed E-state index contributed by atoms with van der Waals surface area (Å²) in [7, 11) is 0. The highest BCUT2D eigenvalue weighted by Crippen LogP contribution is 2.33. The number of nitrogen functional groups attached to an aromatic ring is 1. The van der Waals surface area contributed by atoms with Gasteiger partial charge >= 0.3 is 0 Å². The molecule has 0 saturated carbocycles. The Bertz CT molecular complexity index is 545. The van der Waals surface area contributed by atoms with E-state index in [-0.39, 0.29) is 0 Å². The third-order valence-electron chi connectivity index (χ3n) is 2.94. The van der Waals surface area contributed by atoms with Crippen molar-refractivity contribution in [3.63, 3.8) is 0 Å². The van der Waals surface area contributed by atoms with E-state index < -0.39 is 0 Å². The van der Waals surface area contributed by atoms with Gasteiger partial charge in [-0.3, -0.25) is 0 Å². The number of aromatic nitrogens is 2. The fraction of sp³-hybridized carbons (Fsp3) is 0.167. The normalized spacial score (nSPS) is 13.8. The van der Waals surface area contributed by atoms with Crippen molar-refractivity contribution < 1.29 is 0 Å². The summed E-state index contributed by atoms with van der Waals surface area (Å²) < 4.78 is 0.771. The van der Waals surface area contributed by atoms with Gasteiger partial charge in [-0.05, 0) is 27.1 Å². The van der Waals surface area contributed by atoms with Crippen LogP contribution >= 0.6 is 15.9 Å². The summed E-state index contributed by atoms with van der Waals surface area (Å²) in [5, 5.41) is 0. The van der Waals surface area contributed by atoms with Gasteiger partial charge in [-0.1, -0.05) is 24.3 Å². The molecule has 1 aliphatic rings. The lowest BCUT2D eigenvalue weighted by molar-refractivity contribution is 0.848. The van der Waals surface area contributed by atoms with Crippen LogP contribution in [0.5, 0.6) is 0 Å². The van der Waals surface area contributed by atoms with Gasteiger partial charge in [0.1, 0.15) is 22.4 Å². The van der Waals surface area contributed by atoms with Crippen LogP contribution in [0.25, 0.3) is 0 Å². The lowest BCUT2D eigenvalue weighted by Gasteiger charge is -2.18. The van der Waals surface area contributed by atoms with Crippen LogP contribution in [0.2, 0.25) is 0 Å². The van der Waals surface area contributed by atoms with E-state index in [1.54, 1.807) is 0 Å². The van der Waals surface area contributed by atoms with Crippen LogP contribution in [-0.4, -0.2) is 9.97 Å². The van der Waals surface area contributed by atoms with Gasteiger partial charge in [0.05, 0.1) is 0 Å². The standard InChI is InChI=1S/C12H11BrN4/c13-10-11(14)15-7-16-12(10)17-5-8-3-1-2-4-9(8)6-17/h1-4,7H,5-6H2,(H2,14,15,16). The zero-order valence-electron chi connectivity index (χ0n) is 9.10. The summed E-state index contributed by atoms with van der Waals surface area (Å²) >= 11 is 3.44. The van der Waals surface area contributed by atoms with Crippen molar-refractivity contribution in [1.82, 2.24) is 9.97 Å². The molecule has 2 N–H and O–H groups in total. The van der Waals surface area contributed by atoms with Gasteiger partial charge in [-0.2, -0.15) is 0 Å². The Kier molecular flexibility index (Phi) is 2.48. The second-order valence-electron chi connectivity index (χ2n) is 4.02. The van der Waals surface area contributed by atoms with E-state index >= 15 is 0 Å². The molecule has 3 rings (SSSR count). The van der Waals surface area contributed by atoms with Gasteiger partial charge in [-0.25, -0.2) is 9.97 Å². The minimum atomic E-state index is 0.478. The number of halogens is 1. The first-order valence-electron chi connectivity index (χ1n) is 5.33. The van der Waals surface area contributed by atoms with Crippen LogP contribution in [0.4, 0.5) is 11.6 Å². The van der Waals surface area contributed by atoms with Crippen LogP contribution in [0.15, 0.2) is 35.1 Å². The molecule has 0 fully saturated rings. The van der Waals surface area contributed by atoms with E-state index in [2.05, 4.69) is 55.1 Å². The van der Waals surface area contributed by atoms with E-state index in [1.165, 1.54) is 17.5 Å². The summed E-state index contributed by atoms with van der Waals surface area (Å²) in [6.45, 7) is 1.73. The Hall–Kier alpha value is -1.62. The number of hydrogen-bond donors (Lipinski definition) is 1. The largest absolute Gasteiger partial charge is 0.383 e.